The van der Waals surface area contributed by atoms with Crippen LogP contribution in [0.15, 0.2) is 67.0 Å². The van der Waals surface area contributed by atoms with Crippen LogP contribution in [0.4, 0.5) is 0 Å². The maximum Gasteiger partial charge on any atom is 0.323 e. The topological polar surface area (TPSA) is 137 Å². The van der Waals surface area contributed by atoms with Gasteiger partial charge in [-0.25, -0.2) is 0 Å². The number of aliphatic hydroxyl groups is 1. The molecule has 3 N–H and O–H groups in total. The molecule has 2 aliphatic rings. The molecule has 266 valence electrons. The number of nitrogens with one attached hydrogen (secondary N) is 1. The highest BCUT2D eigenvalue weighted by atomic mass is 35.5. The highest BCUT2D eigenvalue weighted by molar-refractivity contribution is 6.32. The normalized spacial score (nSPS) is 16.5. The number of aliphatic carboxylic acids is 1. The fourth-order valence-corrected chi connectivity index (χ4v) is 6.65. The largest absolute Gasteiger partial charge is 0.488 e. The molecule has 0 unspecified atom stereocenters. The molecule has 6 rings (SSSR count). The van der Waals surface area contributed by atoms with Crippen LogP contribution in [0.1, 0.15) is 58.2 Å². The number of aromatic nitrogens is 1. The van der Waals surface area contributed by atoms with Gasteiger partial charge in [0.2, 0.25) is 0 Å². The standard InChI is InChI=1S/C40H43ClN4O6/c1-26-30(24-49-14-13-45-12-9-33(46)22-45)5-3-7-34(26)35-8-4-6-31(27(35)2)25-51-38-17-37(50-23-29-15-28(18-42)19-43-20-29)32(16-36(38)41)21-44-40(10-11-40)39(47)48/h3-8,15-17,19-20,33,44,46H,9-14,21-25H2,1-2H3,(H,47,48)/t33-/m1/s1. The van der Waals surface area contributed by atoms with Gasteiger partial charge in [-0.2, -0.15) is 5.26 Å². The summed E-state index contributed by atoms with van der Waals surface area (Å²) in [5.41, 5.74) is 7.54. The second-order valence-electron chi connectivity index (χ2n) is 13.4. The first-order valence-electron chi connectivity index (χ1n) is 17.2. The Bertz CT molecular complexity index is 1920. The van der Waals surface area contributed by atoms with Crippen LogP contribution in [0.5, 0.6) is 11.5 Å². The zero-order valence-electron chi connectivity index (χ0n) is 29.0. The molecule has 1 aliphatic heterocycles. The Morgan fingerprint density at radius 3 is 2.35 bits per heavy atom. The van der Waals surface area contributed by atoms with Crippen molar-refractivity contribution in [3.8, 4) is 28.7 Å². The number of hydrogen-bond donors (Lipinski definition) is 3. The first-order valence-corrected chi connectivity index (χ1v) is 17.6. The number of carboxylic acid groups (broad SMARTS) is 1. The van der Waals surface area contributed by atoms with Gasteiger partial charge in [0.25, 0.3) is 0 Å². The van der Waals surface area contributed by atoms with Crippen molar-refractivity contribution >= 4 is 17.6 Å². The number of rotatable bonds is 16. The number of β-amino-alcohol motifs (C(OH)–C–C–N with tert-alkyl or cyclic N) is 1. The summed E-state index contributed by atoms with van der Waals surface area (Å²) in [6.07, 6.45) is 4.84. The molecular weight excluding hydrogens is 668 g/mol. The van der Waals surface area contributed by atoms with Gasteiger partial charge in [-0.1, -0.05) is 48.0 Å². The summed E-state index contributed by atoms with van der Waals surface area (Å²) in [6, 6.07) is 19.8. The molecule has 0 bridgehead atoms. The number of halogens is 1. The summed E-state index contributed by atoms with van der Waals surface area (Å²) in [5.74, 6) is 0.0456. The fourth-order valence-electron chi connectivity index (χ4n) is 6.41. The summed E-state index contributed by atoms with van der Waals surface area (Å²) in [7, 11) is 0. The molecule has 1 saturated heterocycles. The van der Waals surface area contributed by atoms with E-state index in [9.17, 15) is 20.3 Å². The second-order valence-corrected chi connectivity index (χ2v) is 13.8. The third kappa shape index (κ3) is 8.87. The van der Waals surface area contributed by atoms with Gasteiger partial charge in [0, 0.05) is 55.8 Å². The van der Waals surface area contributed by atoms with Crippen LogP contribution in [0.3, 0.4) is 0 Å². The van der Waals surface area contributed by atoms with Crippen LogP contribution >= 0.6 is 11.6 Å². The first-order chi connectivity index (χ1) is 24.7. The van der Waals surface area contributed by atoms with Crippen molar-refractivity contribution in [1.82, 2.24) is 15.2 Å². The Hall–Kier alpha value is -4.50. The zero-order valence-corrected chi connectivity index (χ0v) is 29.7. The number of likely N-dealkylation sites (tertiary alicyclic amines) is 1. The molecule has 2 fully saturated rings. The SMILES string of the molecule is Cc1c(COCCN2CC[C@@H](O)C2)cccc1-c1cccc(COc2cc(OCc3cncc(C#N)c3)c(CNC3(C(=O)O)CC3)cc2Cl)c1C. The molecule has 0 amide bonds. The summed E-state index contributed by atoms with van der Waals surface area (Å²) in [5, 5.41) is 32.3. The molecular formula is C40H43ClN4O6. The quantitative estimate of drug-likeness (QED) is 0.113. The highest BCUT2D eigenvalue weighted by Crippen LogP contribution is 2.39. The van der Waals surface area contributed by atoms with Gasteiger partial charge in [-0.05, 0) is 78.6 Å². The Labute approximate surface area is 303 Å². The van der Waals surface area contributed by atoms with Gasteiger partial charge in [0.05, 0.1) is 29.9 Å². The number of aliphatic hydroxyl groups excluding tert-OH is 1. The Morgan fingerprint density at radius 1 is 1.00 bits per heavy atom. The van der Waals surface area contributed by atoms with Gasteiger partial charge in [0.15, 0.2) is 0 Å². The average molecular weight is 711 g/mol. The van der Waals surface area contributed by atoms with Gasteiger partial charge < -0.3 is 24.4 Å². The van der Waals surface area contributed by atoms with Crippen LogP contribution < -0.4 is 14.8 Å². The molecule has 1 aromatic heterocycles. The molecule has 1 saturated carbocycles. The maximum atomic E-state index is 11.8. The third-order valence-electron chi connectivity index (χ3n) is 9.83. The van der Waals surface area contributed by atoms with E-state index in [1.807, 2.05) is 12.1 Å². The van der Waals surface area contributed by atoms with Crippen molar-refractivity contribution in [2.24, 2.45) is 0 Å². The molecule has 11 heteroatoms. The Balaban J connectivity index is 1.16. The van der Waals surface area contributed by atoms with Gasteiger partial charge in [0.1, 0.15) is 36.3 Å². The van der Waals surface area contributed by atoms with E-state index >= 15 is 0 Å². The number of carboxylic acids is 1. The minimum atomic E-state index is -0.935. The van der Waals surface area contributed by atoms with E-state index in [0.29, 0.717) is 60.2 Å². The highest BCUT2D eigenvalue weighted by Gasteiger charge is 2.50. The van der Waals surface area contributed by atoms with Crippen LogP contribution in [-0.2, 0) is 35.9 Å². The number of carbonyl (C=O) groups is 1. The predicted molar refractivity (Wildman–Crippen MR) is 194 cm³/mol. The minimum absolute atomic E-state index is 0.147. The summed E-state index contributed by atoms with van der Waals surface area (Å²) >= 11 is 6.76. The number of nitriles is 1. The minimum Gasteiger partial charge on any atom is -0.488 e. The lowest BCUT2D eigenvalue weighted by atomic mass is 9.92. The van der Waals surface area contributed by atoms with E-state index < -0.39 is 11.5 Å². The predicted octanol–water partition coefficient (Wildman–Crippen LogP) is 6.34. The van der Waals surface area contributed by atoms with Crippen LogP contribution in [0.2, 0.25) is 5.02 Å². The number of hydrogen-bond acceptors (Lipinski definition) is 9. The summed E-state index contributed by atoms with van der Waals surface area (Å²) in [4.78, 5) is 18.1. The van der Waals surface area contributed by atoms with Crippen LogP contribution in [0.25, 0.3) is 11.1 Å². The molecule has 0 spiro atoms. The van der Waals surface area contributed by atoms with Crippen molar-refractivity contribution in [3.05, 3.63) is 111 Å². The number of nitrogens with zero attached hydrogens (tertiary/aromatic N) is 3. The molecule has 3 aromatic carbocycles. The van der Waals surface area contributed by atoms with Gasteiger partial charge in [-0.15, -0.1) is 0 Å². The second kappa shape index (κ2) is 16.2. The Kier molecular flexibility index (Phi) is 11.6. The number of ether oxygens (including phenoxy) is 3. The summed E-state index contributed by atoms with van der Waals surface area (Å²) < 4.78 is 18.6. The third-order valence-corrected chi connectivity index (χ3v) is 10.1. The Morgan fingerprint density at radius 2 is 1.71 bits per heavy atom. The van der Waals surface area contributed by atoms with Crippen molar-refractivity contribution in [2.45, 2.75) is 71.1 Å². The zero-order chi connectivity index (χ0) is 36.0. The molecule has 51 heavy (non-hydrogen) atoms. The maximum absolute atomic E-state index is 11.8. The van der Waals surface area contributed by atoms with Crippen molar-refractivity contribution in [1.29, 1.82) is 5.26 Å². The molecule has 1 atom stereocenters. The van der Waals surface area contributed by atoms with Gasteiger partial charge in [-0.3, -0.25) is 20.0 Å². The number of pyridine rings is 1. The van der Waals surface area contributed by atoms with E-state index in [1.165, 1.54) is 6.20 Å². The van der Waals surface area contributed by atoms with Crippen LogP contribution in [0, 0.1) is 25.2 Å². The van der Waals surface area contributed by atoms with Crippen LogP contribution in [-0.4, -0.2) is 64.0 Å². The molecule has 10 nitrogen and oxygen atoms in total. The lowest BCUT2D eigenvalue weighted by Crippen LogP contribution is -2.38. The lowest BCUT2D eigenvalue weighted by Gasteiger charge is -2.19. The molecule has 1 aliphatic carbocycles. The van der Waals surface area contributed by atoms with E-state index in [0.717, 1.165) is 58.5 Å². The van der Waals surface area contributed by atoms with E-state index in [2.05, 4.69) is 59.4 Å². The van der Waals surface area contributed by atoms with E-state index in [1.54, 1.807) is 24.4 Å². The average Bonchev–Trinajstić information content (AvgIpc) is 3.82. The smallest absolute Gasteiger partial charge is 0.323 e. The van der Waals surface area contributed by atoms with Gasteiger partial charge >= 0.3 is 5.97 Å². The van der Waals surface area contributed by atoms with E-state index in [-0.39, 0.29) is 25.9 Å². The molecule has 2 heterocycles. The monoisotopic (exact) mass is 710 g/mol. The van der Waals surface area contributed by atoms with E-state index in [4.69, 9.17) is 25.8 Å². The fraction of sp³-hybridized carbons (Fsp3) is 0.375. The number of benzene rings is 3. The van der Waals surface area contributed by atoms with Crippen molar-refractivity contribution in [2.75, 3.05) is 26.2 Å². The first kappa shape index (κ1) is 36.3. The lowest BCUT2D eigenvalue weighted by molar-refractivity contribution is -0.140. The summed E-state index contributed by atoms with van der Waals surface area (Å²) in [6.45, 7) is 8.44. The van der Waals surface area contributed by atoms with Crippen molar-refractivity contribution in [3.63, 3.8) is 0 Å². The van der Waals surface area contributed by atoms with Crippen molar-refractivity contribution < 1.29 is 29.2 Å². The molecule has 4 aromatic rings. The molecule has 0 radical (unpaired) electrons.